The van der Waals surface area contributed by atoms with Gasteiger partial charge in [0.1, 0.15) is 5.82 Å². The third-order valence-corrected chi connectivity index (χ3v) is 3.72. The van der Waals surface area contributed by atoms with Gasteiger partial charge in [0, 0.05) is 12.1 Å². The third-order valence-electron chi connectivity index (χ3n) is 3.43. The highest BCUT2D eigenvalue weighted by molar-refractivity contribution is 6.30. The Hall–Kier alpha value is -0.600. The monoisotopic (exact) mass is 271 g/mol. The molecule has 102 valence electrons. The molecule has 0 heterocycles. The van der Waals surface area contributed by atoms with Crippen molar-refractivity contribution in [1.82, 2.24) is 5.32 Å². The second-order valence-electron chi connectivity index (χ2n) is 5.21. The van der Waals surface area contributed by atoms with Gasteiger partial charge in [0.15, 0.2) is 0 Å². The average molecular weight is 272 g/mol. The molecule has 0 bridgehead atoms. The molecule has 18 heavy (non-hydrogen) atoms. The van der Waals surface area contributed by atoms with Crippen LogP contribution >= 0.6 is 11.6 Å². The van der Waals surface area contributed by atoms with E-state index in [1.54, 1.807) is 12.1 Å². The van der Waals surface area contributed by atoms with E-state index in [1.807, 2.05) is 0 Å². The summed E-state index contributed by atoms with van der Waals surface area (Å²) in [6.45, 7) is 8.74. The van der Waals surface area contributed by atoms with Crippen molar-refractivity contribution in [3.63, 3.8) is 0 Å². The minimum absolute atomic E-state index is 0.183. The van der Waals surface area contributed by atoms with Gasteiger partial charge in [-0.1, -0.05) is 37.9 Å². The van der Waals surface area contributed by atoms with Gasteiger partial charge < -0.3 is 5.32 Å². The van der Waals surface area contributed by atoms with E-state index in [0.29, 0.717) is 6.04 Å². The molecular formula is C15H23ClFN. The standard InChI is InChI=1S/C15H23ClFN/c1-5-10(2)8-11(3)18-12(4)13-6-7-15(17)14(16)9-13/h6-7,9-12,18H,5,8H2,1-4H3. The number of rotatable bonds is 6. The Bertz CT molecular complexity index is 381. The first-order chi connectivity index (χ1) is 8.43. The maximum Gasteiger partial charge on any atom is 0.141 e. The molecule has 0 spiro atoms. The summed E-state index contributed by atoms with van der Waals surface area (Å²) in [6.07, 6.45) is 2.35. The van der Waals surface area contributed by atoms with Gasteiger partial charge in [0.25, 0.3) is 0 Å². The van der Waals surface area contributed by atoms with E-state index in [1.165, 1.54) is 12.5 Å². The Kier molecular flexibility index (Phi) is 6.10. The Morgan fingerprint density at radius 1 is 1.28 bits per heavy atom. The molecule has 0 saturated heterocycles. The predicted molar refractivity (Wildman–Crippen MR) is 76.5 cm³/mol. The van der Waals surface area contributed by atoms with Gasteiger partial charge in [-0.05, 0) is 43.9 Å². The molecule has 3 atom stereocenters. The lowest BCUT2D eigenvalue weighted by atomic mass is 9.99. The summed E-state index contributed by atoms with van der Waals surface area (Å²) in [5.74, 6) is 0.358. The summed E-state index contributed by atoms with van der Waals surface area (Å²) in [5.41, 5.74) is 1.03. The van der Waals surface area contributed by atoms with Crippen LogP contribution in [0.4, 0.5) is 4.39 Å². The summed E-state index contributed by atoms with van der Waals surface area (Å²) < 4.78 is 13.1. The van der Waals surface area contributed by atoms with Crippen molar-refractivity contribution in [1.29, 1.82) is 0 Å². The fourth-order valence-corrected chi connectivity index (χ4v) is 2.33. The van der Waals surface area contributed by atoms with E-state index in [-0.39, 0.29) is 16.9 Å². The normalized spacial score (nSPS) is 16.3. The van der Waals surface area contributed by atoms with Crippen LogP contribution in [0.1, 0.15) is 52.1 Å². The second kappa shape index (κ2) is 7.10. The molecule has 3 unspecified atom stereocenters. The van der Waals surface area contributed by atoms with Gasteiger partial charge in [-0.2, -0.15) is 0 Å². The Morgan fingerprint density at radius 2 is 1.94 bits per heavy atom. The van der Waals surface area contributed by atoms with Crippen molar-refractivity contribution in [2.75, 3.05) is 0 Å². The minimum Gasteiger partial charge on any atom is -0.308 e. The molecule has 0 aromatic heterocycles. The van der Waals surface area contributed by atoms with Crippen molar-refractivity contribution in [2.45, 2.75) is 52.6 Å². The van der Waals surface area contributed by atoms with Crippen LogP contribution in [-0.4, -0.2) is 6.04 Å². The van der Waals surface area contributed by atoms with Crippen molar-refractivity contribution >= 4 is 11.6 Å². The van der Waals surface area contributed by atoms with E-state index in [0.717, 1.165) is 17.9 Å². The van der Waals surface area contributed by atoms with Crippen LogP contribution in [0.5, 0.6) is 0 Å². The molecule has 0 aliphatic heterocycles. The molecule has 1 N–H and O–H groups in total. The maximum absolute atomic E-state index is 13.1. The number of hydrogen-bond donors (Lipinski definition) is 1. The van der Waals surface area contributed by atoms with Crippen LogP contribution in [0.15, 0.2) is 18.2 Å². The zero-order chi connectivity index (χ0) is 13.7. The number of benzene rings is 1. The van der Waals surface area contributed by atoms with Crippen LogP contribution < -0.4 is 5.32 Å². The second-order valence-corrected chi connectivity index (χ2v) is 5.62. The average Bonchev–Trinajstić information content (AvgIpc) is 2.32. The van der Waals surface area contributed by atoms with E-state index in [9.17, 15) is 4.39 Å². The maximum atomic E-state index is 13.1. The lowest BCUT2D eigenvalue weighted by Gasteiger charge is -2.22. The van der Waals surface area contributed by atoms with E-state index >= 15 is 0 Å². The first-order valence-electron chi connectivity index (χ1n) is 6.65. The minimum atomic E-state index is -0.361. The first-order valence-corrected chi connectivity index (χ1v) is 7.02. The van der Waals surface area contributed by atoms with Gasteiger partial charge in [-0.3, -0.25) is 0 Å². The quantitative estimate of drug-likeness (QED) is 0.772. The Balaban J connectivity index is 2.58. The third kappa shape index (κ3) is 4.58. The van der Waals surface area contributed by atoms with Gasteiger partial charge in [-0.25, -0.2) is 4.39 Å². The summed E-state index contributed by atoms with van der Waals surface area (Å²) in [6, 6.07) is 5.54. The number of hydrogen-bond acceptors (Lipinski definition) is 1. The molecule has 0 radical (unpaired) electrons. The Labute approximate surface area is 115 Å². The summed E-state index contributed by atoms with van der Waals surface area (Å²) in [7, 11) is 0. The van der Waals surface area contributed by atoms with Crippen LogP contribution in [0.3, 0.4) is 0 Å². The molecule has 0 fully saturated rings. The lowest BCUT2D eigenvalue weighted by molar-refractivity contribution is 0.385. The zero-order valence-electron chi connectivity index (χ0n) is 11.6. The molecule has 0 aliphatic rings. The van der Waals surface area contributed by atoms with Crippen molar-refractivity contribution in [3.8, 4) is 0 Å². The fraction of sp³-hybridized carbons (Fsp3) is 0.600. The molecular weight excluding hydrogens is 249 g/mol. The summed E-state index contributed by atoms with van der Waals surface area (Å²) >= 11 is 5.80. The fourth-order valence-electron chi connectivity index (χ4n) is 2.14. The topological polar surface area (TPSA) is 12.0 Å². The molecule has 1 rings (SSSR count). The smallest absolute Gasteiger partial charge is 0.141 e. The Morgan fingerprint density at radius 3 is 2.50 bits per heavy atom. The number of nitrogens with one attached hydrogen (secondary N) is 1. The highest BCUT2D eigenvalue weighted by Gasteiger charge is 2.13. The van der Waals surface area contributed by atoms with Crippen LogP contribution in [0.25, 0.3) is 0 Å². The summed E-state index contributed by atoms with van der Waals surface area (Å²) in [4.78, 5) is 0. The lowest BCUT2D eigenvalue weighted by Crippen LogP contribution is -2.30. The van der Waals surface area contributed by atoms with Crippen molar-refractivity contribution < 1.29 is 4.39 Å². The van der Waals surface area contributed by atoms with E-state index < -0.39 is 0 Å². The SMILES string of the molecule is CCC(C)CC(C)NC(C)c1ccc(F)c(Cl)c1. The van der Waals surface area contributed by atoms with Crippen molar-refractivity contribution in [3.05, 3.63) is 34.6 Å². The molecule has 0 saturated carbocycles. The van der Waals surface area contributed by atoms with Gasteiger partial charge >= 0.3 is 0 Å². The number of halogens is 2. The van der Waals surface area contributed by atoms with Gasteiger partial charge in [0.2, 0.25) is 0 Å². The molecule has 0 aliphatic carbocycles. The largest absolute Gasteiger partial charge is 0.308 e. The molecule has 3 heteroatoms. The molecule has 1 aromatic rings. The first kappa shape index (κ1) is 15.5. The van der Waals surface area contributed by atoms with Crippen LogP contribution in [0, 0.1) is 11.7 Å². The van der Waals surface area contributed by atoms with E-state index in [2.05, 4.69) is 33.0 Å². The summed E-state index contributed by atoms with van der Waals surface area (Å²) in [5, 5.41) is 3.72. The van der Waals surface area contributed by atoms with Crippen LogP contribution in [0.2, 0.25) is 5.02 Å². The van der Waals surface area contributed by atoms with E-state index in [4.69, 9.17) is 11.6 Å². The molecule has 0 amide bonds. The van der Waals surface area contributed by atoms with Gasteiger partial charge in [-0.15, -0.1) is 0 Å². The molecule has 1 nitrogen and oxygen atoms in total. The predicted octanol–water partition coefficient (Wildman–Crippen LogP) is 4.95. The van der Waals surface area contributed by atoms with Crippen molar-refractivity contribution in [2.24, 2.45) is 5.92 Å². The highest BCUT2D eigenvalue weighted by atomic mass is 35.5. The molecule has 1 aromatic carbocycles. The van der Waals surface area contributed by atoms with Crippen LogP contribution in [-0.2, 0) is 0 Å². The highest BCUT2D eigenvalue weighted by Crippen LogP contribution is 2.21. The van der Waals surface area contributed by atoms with Gasteiger partial charge in [0.05, 0.1) is 5.02 Å². The zero-order valence-corrected chi connectivity index (χ0v) is 12.4.